The highest BCUT2D eigenvalue weighted by atomic mass is 16.5. The van der Waals surface area contributed by atoms with E-state index >= 15 is 0 Å². The number of methoxy groups -OCH3 is 1. The van der Waals surface area contributed by atoms with E-state index in [-0.39, 0.29) is 11.9 Å². The van der Waals surface area contributed by atoms with Gasteiger partial charge in [-0.25, -0.2) is 0 Å². The molecule has 132 valence electrons. The largest absolute Gasteiger partial charge is 0.480 e. The van der Waals surface area contributed by atoms with E-state index in [1.54, 1.807) is 12.1 Å². The Hall–Kier alpha value is -2.44. The van der Waals surface area contributed by atoms with Crippen LogP contribution in [0.15, 0.2) is 18.3 Å². The van der Waals surface area contributed by atoms with Gasteiger partial charge < -0.3 is 10.1 Å². The molecule has 1 saturated carbocycles. The quantitative estimate of drug-likeness (QED) is 0.924. The van der Waals surface area contributed by atoms with E-state index in [9.17, 15) is 4.79 Å². The van der Waals surface area contributed by atoms with Crippen molar-refractivity contribution in [3.05, 3.63) is 35.3 Å². The van der Waals surface area contributed by atoms with Crippen LogP contribution in [-0.4, -0.2) is 33.0 Å². The molecule has 0 saturated heterocycles. The number of nitrogens with one attached hydrogen (secondary N) is 1. The number of carbonyl (C=O) groups is 1. The standard InChI is InChI=1S/C18H23N5O2/c1-25-16-10-9-15(20-21-16)18(24)19-14-8-4-5-12-11-23(22-17(12)14)13-6-2-3-7-13/h9-11,13-14H,2-8H2,1H3,(H,19,24)/t14-/m0/s1. The van der Waals surface area contributed by atoms with Crippen molar-refractivity contribution in [1.82, 2.24) is 25.3 Å². The average molecular weight is 341 g/mol. The first-order valence-electron chi connectivity index (χ1n) is 9.01. The van der Waals surface area contributed by atoms with Gasteiger partial charge in [-0.2, -0.15) is 5.10 Å². The molecule has 1 amide bonds. The van der Waals surface area contributed by atoms with Crippen molar-refractivity contribution in [2.24, 2.45) is 0 Å². The second kappa shape index (κ2) is 6.82. The SMILES string of the molecule is COc1ccc(C(=O)N[C@H]2CCCc3cn(C4CCCC4)nc32)nn1. The molecule has 1 atom stereocenters. The van der Waals surface area contributed by atoms with Crippen LogP contribution in [0, 0.1) is 0 Å². The second-order valence-electron chi connectivity index (χ2n) is 6.84. The highest BCUT2D eigenvalue weighted by molar-refractivity contribution is 5.92. The van der Waals surface area contributed by atoms with E-state index in [4.69, 9.17) is 9.84 Å². The first-order chi connectivity index (χ1) is 12.2. The third-order valence-corrected chi connectivity index (χ3v) is 5.20. The zero-order valence-corrected chi connectivity index (χ0v) is 14.4. The lowest BCUT2D eigenvalue weighted by Gasteiger charge is -2.22. The molecule has 0 aliphatic heterocycles. The molecule has 0 unspecified atom stereocenters. The molecule has 0 radical (unpaired) electrons. The highest BCUT2D eigenvalue weighted by Gasteiger charge is 2.28. The zero-order chi connectivity index (χ0) is 17.2. The molecule has 0 bridgehead atoms. The Bertz CT molecular complexity index is 749. The van der Waals surface area contributed by atoms with Crippen LogP contribution in [0.2, 0.25) is 0 Å². The Balaban J connectivity index is 1.50. The number of fused-ring (bicyclic) bond motifs is 1. The van der Waals surface area contributed by atoms with Gasteiger partial charge in [0.2, 0.25) is 5.88 Å². The van der Waals surface area contributed by atoms with Crippen molar-refractivity contribution in [3.8, 4) is 5.88 Å². The van der Waals surface area contributed by atoms with Gasteiger partial charge in [-0.1, -0.05) is 12.8 Å². The molecular weight excluding hydrogens is 318 g/mol. The predicted octanol–water partition coefficient (Wildman–Crippen LogP) is 2.60. The zero-order valence-electron chi connectivity index (χ0n) is 14.4. The third-order valence-electron chi connectivity index (χ3n) is 5.20. The van der Waals surface area contributed by atoms with Crippen LogP contribution in [-0.2, 0) is 6.42 Å². The smallest absolute Gasteiger partial charge is 0.272 e. The molecule has 2 aliphatic carbocycles. The topological polar surface area (TPSA) is 81.9 Å². The fourth-order valence-corrected chi connectivity index (χ4v) is 3.84. The number of rotatable bonds is 4. The summed E-state index contributed by atoms with van der Waals surface area (Å²) in [5, 5.41) is 15.7. The summed E-state index contributed by atoms with van der Waals surface area (Å²) in [4.78, 5) is 12.5. The molecule has 7 heteroatoms. The molecule has 1 fully saturated rings. The molecule has 2 aliphatic rings. The fourth-order valence-electron chi connectivity index (χ4n) is 3.84. The van der Waals surface area contributed by atoms with Crippen molar-refractivity contribution >= 4 is 5.91 Å². The number of carbonyl (C=O) groups excluding carboxylic acids is 1. The molecule has 0 spiro atoms. The van der Waals surface area contributed by atoms with Gasteiger partial charge in [0.1, 0.15) is 0 Å². The maximum absolute atomic E-state index is 12.5. The first-order valence-corrected chi connectivity index (χ1v) is 9.01. The van der Waals surface area contributed by atoms with Gasteiger partial charge in [-0.15, -0.1) is 10.2 Å². The van der Waals surface area contributed by atoms with E-state index in [1.807, 2.05) is 0 Å². The van der Waals surface area contributed by atoms with Gasteiger partial charge in [0.25, 0.3) is 5.91 Å². The van der Waals surface area contributed by atoms with Gasteiger partial charge >= 0.3 is 0 Å². The minimum atomic E-state index is -0.219. The van der Waals surface area contributed by atoms with Gasteiger partial charge in [-0.3, -0.25) is 9.48 Å². The molecule has 2 aromatic rings. The Kier molecular flexibility index (Phi) is 4.38. The lowest BCUT2D eigenvalue weighted by atomic mass is 9.93. The molecule has 2 heterocycles. The third kappa shape index (κ3) is 3.23. The molecule has 25 heavy (non-hydrogen) atoms. The summed E-state index contributed by atoms with van der Waals surface area (Å²) in [7, 11) is 1.52. The van der Waals surface area contributed by atoms with Crippen LogP contribution in [0.4, 0.5) is 0 Å². The summed E-state index contributed by atoms with van der Waals surface area (Å²) in [6, 6.07) is 3.74. The minimum Gasteiger partial charge on any atom is -0.480 e. The summed E-state index contributed by atoms with van der Waals surface area (Å²) >= 11 is 0. The lowest BCUT2D eigenvalue weighted by Crippen LogP contribution is -2.31. The van der Waals surface area contributed by atoms with Crippen molar-refractivity contribution in [1.29, 1.82) is 0 Å². The lowest BCUT2D eigenvalue weighted by molar-refractivity contribution is 0.0925. The van der Waals surface area contributed by atoms with Gasteiger partial charge in [0.15, 0.2) is 5.69 Å². The van der Waals surface area contributed by atoms with E-state index in [2.05, 4.69) is 26.4 Å². The summed E-state index contributed by atoms with van der Waals surface area (Å²) in [6.07, 6.45) is 10.2. The number of amides is 1. The Morgan fingerprint density at radius 2 is 2.04 bits per heavy atom. The Morgan fingerprint density at radius 3 is 2.76 bits per heavy atom. The van der Waals surface area contributed by atoms with E-state index in [1.165, 1.54) is 38.4 Å². The number of nitrogens with zero attached hydrogens (tertiary/aromatic N) is 4. The number of ether oxygens (including phenoxy) is 1. The van der Waals surface area contributed by atoms with E-state index in [0.717, 1.165) is 25.0 Å². The minimum absolute atomic E-state index is 0.0530. The van der Waals surface area contributed by atoms with Crippen molar-refractivity contribution in [3.63, 3.8) is 0 Å². The first kappa shape index (κ1) is 16.1. The fraction of sp³-hybridized carbons (Fsp3) is 0.556. The van der Waals surface area contributed by atoms with Crippen molar-refractivity contribution < 1.29 is 9.53 Å². The number of hydrogen-bond donors (Lipinski definition) is 1. The predicted molar refractivity (Wildman–Crippen MR) is 91.5 cm³/mol. The number of hydrogen-bond acceptors (Lipinski definition) is 5. The number of aryl methyl sites for hydroxylation is 1. The van der Waals surface area contributed by atoms with Crippen molar-refractivity contribution in [2.75, 3.05) is 7.11 Å². The van der Waals surface area contributed by atoms with Crippen LogP contribution in [0.25, 0.3) is 0 Å². The average Bonchev–Trinajstić information content (AvgIpc) is 3.31. The van der Waals surface area contributed by atoms with Crippen LogP contribution in [0.3, 0.4) is 0 Å². The van der Waals surface area contributed by atoms with Gasteiger partial charge in [0.05, 0.1) is 24.9 Å². The van der Waals surface area contributed by atoms with Gasteiger partial charge in [0, 0.05) is 12.3 Å². The van der Waals surface area contributed by atoms with Crippen LogP contribution in [0.1, 0.15) is 72.4 Å². The molecule has 4 rings (SSSR count). The molecular formula is C18H23N5O2. The molecule has 1 N–H and O–H groups in total. The van der Waals surface area contributed by atoms with Crippen LogP contribution >= 0.6 is 0 Å². The molecule has 2 aromatic heterocycles. The maximum Gasteiger partial charge on any atom is 0.272 e. The number of aromatic nitrogens is 4. The highest BCUT2D eigenvalue weighted by Crippen LogP contribution is 2.33. The van der Waals surface area contributed by atoms with Gasteiger partial charge in [-0.05, 0) is 43.7 Å². The van der Waals surface area contributed by atoms with Crippen LogP contribution in [0.5, 0.6) is 5.88 Å². The summed E-state index contributed by atoms with van der Waals surface area (Å²) in [6.45, 7) is 0. The molecule has 0 aromatic carbocycles. The summed E-state index contributed by atoms with van der Waals surface area (Å²) < 4.78 is 7.11. The Morgan fingerprint density at radius 1 is 1.20 bits per heavy atom. The molecule has 7 nitrogen and oxygen atoms in total. The second-order valence-corrected chi connectivity index (χ2v) is 6.84. The summed E-state index contributed by atoms with van der Waals surface area (Å²) in [5.74, 6) is 0.176. The maximum atomic E-state index is 12.5. The van der Waals surface area contributed by atoms with Crippen molar-refractivity contribution in [2.45, 2.75) is 57.0 Å². The van der Waals surface area contributed by atoms with E-state index < -0.39 is 0 Å². The van der Waals surface area contributed by atoms with E-state index in [0.29, 0.717) is 17.6 Å². The normalized spacial score (nSPS) is 20.3. The monoisotopic (exact) mass is 341 g/mol. The summed E-state index contributed by atoms with van der Waals surface area (Å²) in [5.41, 5.74) is 2.58. The Labute approximate surface area is 146 Å². The van der Waals surface area contributed by atoms with Crippen LogP contribution < -0.4 is 10.1 Å².